The number of hydrogen-bond donors (Lipinski definition) is 2. The van der Waals surface area contributed by atoms with Gasteiger partial charge in [-0.15, -0.1) is 0 Å². The highest BCUT2D eigenvalue weighted by molar-refractivity contribution is 6.41. The monoisotopic (exact) mass is 391 g/mol. The number of aromatic nitrogens is 2. The number of carbonyl (C=O) groups is 2. The molecule has 134 valence electrons. The molecule has 0 radical (unpaired) electrons. The second-order valence-electron chi connectivity index (χ2n) is 5.53. The third-order valence-electron chi connectivity index (χ3n) is 3.76. The number of nitrogens with one attached hydrogen (secondary N) is 2. The van der Waals surface area contributed by atoms with Crippen LogP contribution in [-0.4, -0.2) is 35.0 Å². The molecule has 26 heavy (non-hydrogen) atoms. The SMILES string of the molecule is O=C(COC(=O)c1cnc(Cl)c(Cl)c1)NCCc1c[nH]c2ccccc12. The predicted octanol–water partition coefficient (Wildman–Crippen LogP) is 3.39. The van der Waals surface area contributed by atoms with Crippen molar-refractivity contribution < 1.29 is 14.3 Å². The molecule has 0 spiro atoms. The summed E-state index contributed by atoms with van der Waals surface area (Å²) in [5, 5.41) is 4.08. The molecule has 2 N–H and O–H groups in total. The lowest BCUT2D eigenvalue weighted by atomic mass is 10.1. The van der Waals surface area contributed by atoms with Crippen molar-refractivity contribution in [3.63, 3.8) is 0 Å². The number of pyridine rings is 1. The van der Waals surface area contributed by atoms with E-state index in [2.05, 4.69) is 15.3 Å². The summed E-state index contributed by atoms with van der Waals surface area (Å²) in [5.41, 5.74) is 2.30. The molecular formula is C18H15Cl2N3O3. The van der Waals surface area contributed by atoms with E-state index in [1.807, 2.05) is 30.5 Å². The van der Waals surface area contributed by atoms with Gasteiger partial charge in [0.05, 0.1) is 10.6 Å². The lowest BCUT2D eigenvalue weighted by Gasteiger charge is -2.07. The zero-order chi connectivity index (χ0) is 18.5. The molecule has 0 saturated carbocycles. The van der Waals surface area contributed by atoms with Crippen LogP contribution in [0, 0.1) is 0 Å². The summed E-state index contributed by atoms with van der Waals surface area (Å²) in [7, 11) is 0. The number of nitrogens with zero attached hydrogens (tertiary/aromatic N) is 1. The van der Waals surface area contributed by atoms with Crippen LogP contribution in [0.25, 0.3) is 10.9 Å². The maximum atomic E-state index is 11.9. The Morgan fingerprint density at radius 1 is 1.23 bits per heavy atom. The van der Waals surface area contributed by atoms with E-state index in [9.17, 15) is 9.59 Å². The number of aromatic amines is 1. The Balaban J connectivity index is 1.45. The molecule has 3 rings (SSSR count). The number of amides is 1. The zero-order valence-corrected chi connectivity index (χ0v) is 15.1. The Hall–Kier alpha value is -2.57. The van der Waals surface area contributed by atoms with Gasteiger partial charge in [0.25, 0.3) is 5.91 Å². The van der Waals surface area contributed by atoms with Crippen LogP contribution < -0.4 is 5.32 Å². The molecule has 0 atom stereocenters. The second-order valence-corrected chi connectivity index (χ2v) is 6.30. The fourth-order valence-corrected chi connectivity index (χ4v) is 2.74. The summed E-state index contributed by atoms with van der Waals surface area (Å²) in [5.74, 6) is -1.07. The number of halogens is 2. The molecule has 0 saturated heterocycles. The number of rotatable bonds is 6. The first-order chi connectivity index (χ1) is 12.5. The molecule has 0 aliphatic carbocycles. The van der Waals surface area contributed by atoms with Crippen molar-refractivity contribution in [2.45, 2.75) is 6.42 Å². The second kappa shape index (κ2) is 8.21. The number of ether oxygens (including phenoxy) is 1. The van der Waals surface area contributed by atoms with Gasteiger partial charge in [-0.2, -0.15) is 0 Å². The summed E-state index contributed by atoms with van der Waals surface area (Å²) in [4.78, 5) is 30.6. The lowest BCUT2D eigenvalue weighted by Crippen LogP contribution is -2.30. The summed E-state index contributed by atoms with van der Waals surface area (Å²) in [6.07, 6.45) is 3.83. The van der Waals surface area contributed by atoms with E-state index < -0.39 is 5.97 Å². The van der Waals surface area contributed by atoms with Crippen LogP contribution in [-0.2, 0) is 16.0 Å². The number of hydrogen-bond acceptors (Lipinski definition) is 4. The summed E-state index contributed by atoms with van der Waals surface area (Å²) < 4.78 is 4.94. The highest BCUT2D eigenvalue weighted by atomic mass is 35.5. The average Bonchev–Trinajstić information content (AvgIpc) is 3.05. The van der Waals surface area contributed by atoms with Crippen LogP contribution in [0.5, 0.6) is 0 Å². The normalized spacial score (nSPS) is 10.7. The largest absolute Gasteiger partial charge is 0.452 e. The molecular weight excluding hydrogens is 377 g/mol. The molecule has 2 heterocycles. The summed E-state index contributed by atoms with van der Waals surface area (Å²) in [6, 6.07) is 9.29. The van der Waals surface area contributed by atoms with Crippen molar-refractivity contribution >= 4 is 46.0 Å². The van der Waals surface area contributed by atoms with Crippen molar-refractivity contribution in [3.8, 4) is 0 Å². The van der Waals surface area contributed by atoms with Crippen LogP contribution in [0.2, 0.25) is 10.2 Å². The standard InChI is InChI=1S/C18H15Cl2N3O3/c19-14-7-12(9-23-17(14)20)18(25)26-10-16(24)21-6-5-11-8-22-15-4-2-1-3-13(11)15/h1-4,7-9,22H,5-6,10H2,(H,21,24). The number of carbonyl (C=O) groups excluding carboxylic acids is 2. The molecule has 0 fully saturated rings. The molecule has 3 aromatic rings. The zero-order valence-electron chi connectivity index (χ0n) is 13.6. The van der Waals surface area contributed by atoms with Crippen LogP contribution in [0.3, 0.4) is 0 Å². The first-order valence-electron chi connectivity index (χ1n) is 7.84. The Kier molecular flexibility index (Phi) is 5.75. The quantitative estimate of drug-likeness (QED) is 0.498. The third kappa shape index (κ3) is 4.33. The van der Waals surface area contributed by atoms with E-state index in [1.54, 1.807) is 0 Å². The molecule has 6 nitrogen and oxygen atoms in total. The third-order valence-corrected chi connectivity index (χ3v) is 4.44. The fraction of sp³-hybridized carbons (Fsp3) is 0.167. The van der Waals surface area contributed by atoms with Gasteiger partial charge in [-0.05, 0) is 24.1 Å². The van der Waals surface area contributed by atoms with Crippen molar-refractivity contribution in [3.05, 3.63) is 64.0 Å². The molecule has 8 heteroatoms. The van der Waals surface area contributed by atoms with E-state index in [-0.39, 0.29) is 28.3 Å². The first-order valence-corrected chi connectivity index (χ1v) is 8.60. The van der Waals surface area contributed by atoms with Crippen molar-refractivity contribution in [1.29, 1.82) is 0 Å². The minimum atomic E-state index is -0.692. The Labute approximate surface area is 159 Å². The molecule has 0 aliphatic heterocycles. The fourth-order valence-electron chi connectivity index (χ4n) is 2.47. The van der Waals surface area contributed by atoms with Gasteiger partial charge < -0.3 is 15.0 Å². The number of esters is 1. The van der Waals surface area contributed by atoms with Gasteiger partial charge in [0.15, 0.2) is 6.61 Å². The van der Waals surface area contributed by atoms with Crippen LogP contribution in [0.4, 0.5) is 0 Å². The maximum absolute atomic E-state index is 11.9. The summed E-state index contributed by atoms with van der Waals surface area (Å²) >= 11 is 11.5. The van der Waals surface area contributed by atoms with Crippen molar-refractivity contribution in [2.24, 2.45) is 0 Å². The molecule has 0 aliphatic rings. The van der Waals surface area contributed by atoms with E-state index >= 15 is 0 Å². The number of benzene rings is 1. The first kappa shape index (κ1) is 18.2. The Morgan fingerprint density at radius 3 is 2.85 bits per heavy atom. The van der Waals surface area contributed by atoms with Gasteiger partial charge in [0, 0.05) is 29.8 Å². The van der Waals surface area contributed by atoms with E-state index in [0.29, 0.717) is 13.0 Å². The molecule has 1 amide bonds. The predicted molar refractivity (Wildman–Crippen MR) is 99.6 cm³/mol. The Morgan fingerprint density at radius 2 is 2.04 bits per heavy atom. The van der Waals surface area contributed by atoms with Crippen molar-refractivity contribution in [1.82, 2.24) is 15.3 Å². The van der Waals surface area contributed by atoms with E-state index in [1.165, 1.54) is 12.3 Å². The summed E-state index contributed by atoms with van der Waals surface area (Å²) in [6.45, 7) is 0.0551. The van der Waals surface area contributed by atoms with Gasteiger partial charge in [-0.25, -0.2) is 9.78 Å². The van der Waals surface area contributed by atoms with Gasteiger partial charge in [0.1, 0.15) is 5.15 Å². The smallest absolute Gasteiger partial charge is 0.340 e. The number of fused-ring (bicyclic) bond motifs is 1. The van der Waals surface area contributed by atoms with Crippen molar-refractivity contribution in [2.75, 3.05) is 13.2 Å². The van der Waals surface area contributed by atoms with Crippen LogP contribution in [0.15, 0.2) is 42.7 Å². The number of H-pyrrole nitrogens is 1. The maximum Gasteiger partial charge on any atom is 0.340 e. The average molecular weight is 392 g/mol. The minimum Gasteiger partial charge on any atom is -0.452 e. The highest BCUT2D eigenvalue weighted by Crippen LogP contribution is 2.20. The highest BCUT2D eigenvalue weighted by Gasteiger charge is 2.12. The molecule has 0 bridgehead atoms. The van der Waals surface area contributed by atoms with Gasteiger partial charge in [-0.3, -0.25) is 4.79 Å². The molecule has 1 aromatic carbocycles. The van der Waals surface area contributed by atoms with Gasteiger partial charge in [0.2, 0.25) is 0 Å². The van der Waals surface area contributed by atoms with E-state index in [0.717, 1.165) is 16.5 Å². The van der Waals surface area contributed by atoms with Crippen LogP contribution in [0.1, 0.15) is 15.9 Å². The molecule has 2 aromatic heterocycles. The minimum absolute atomic E-state index is 0.0956. The molecule has 0 unspecified atom stereocenters. The Bertz CT molecular complexity index is 956. The van der Waals surface area contributed by atoms with E-state index in [4.69, 9.17) is 27.9 Å². The lowest BCUT2D eigenvalue weighted by molar-refractivity contribution is -0.124. The number of para-hydroxylation sites is 1. The van der Waals surface area contributed by atoms with Gasteiger partial charge >= 0.3 is 5.97 Å². The van der Waals surface area contributed by atoms with Crippen LogP contribution >= 0.6 is 23.2 Å². The van der Waals surface area contributed by atoms with Gasteiger partial charge in [-0.1, -0.05) is 41.4 Å². The topological polar surface area (TPSA) is 84.1 Å².